The van der Waals surface area contributed by atoms with Gasteiger partial charge < -0.3 is 15.2 Å². The van der Waals surface area contributed by atoms with Crippen LogP contribution in [0.3, 0.4) is 0 Å². The maximum absolute atomic E-state index is 6.32. The molecule has 2 rings (SSSR count). The molecule has 1 heterocycles. The minimum Gasteiger partial charge on any atom is -0.493 e. The van der Waals surface area contributed by atoms with E-state index in [-0.39, 0.29) is 6.04 Å². The molecule has 0 saturated carbocycles. The van der Waals surface area contributed by atoms with Crippen LogP contribution >= 0.6 is 11.3 Å². The van der Waals surface area contributed by atoms with Crippen LogP contribution in [0.4, 0.5) is 0 Å². The number of thiazole rings is 1. The van der Waals surface area contributed by atoms with Crippen LogP contribution in [0.25, 0.3) is 0 Å². The summed E-state index contributed by atoms with van der Waals surface area (Å²) in [5.41, 5.74) is 8.34. The third-order valence-electron chi connectivity index (χ3n) is 3.30. The zero-order valence-electron chi connectivity index (χ0n) is 12.3. The van der Waals surface area contributed by atoms with Gasteiger partial charge in [0.25, 0.3) is 0 Å². The zero-order valence-corrected chi connectivity index (χ0v) is 13.1. The second kappa shape index (κ2) is 6.24. The van der Waals surface area contributed by atoms with Crippen LogP contribution in [0.5, 0.6) is 11.5 Å². The van der Waals surface area contributed by atoms with E-state index in [9.17, 15) is 0 Å². The summed E-state index contributed by atoms with van der Waals surface area (Å²) >= 11 is 1.70. The van der Waals surface area contributed by atoms with Crippen LogP contribution < -0.4 is 15.2 Å². The molecular formula is C15H20N2O2S. The summed E-state index contributed by atoms with van der Waals surface area (Å²) in [6, 6.07) is 5.60. The fraction of sp³-hybridized carbons (Fsp3) is 0.400. The standard InChI is InChI=1S/C15H20N2O2S/c1-9-10(2)20-14(17-9)8-12(16)11-6-5-7-13(18-3)15(11)19-4/h5-7,12H,8,16H2,1-4H3. The third-order valence-corrected chi connectivity index (χ3v) is 4.40. The summed E-state index contributed by atoms with van der Waals surface area (Å²) in [4.78, 5) is 5.78. The number of aromatic nitrogens is 1. The van der Waals surface area contributed by atoms with Crippen molar-refractivity contribution in [2.75, 3.05) is 14.2 Å². The molecule has 108 valence electrons. The van der Waals surface area contributed by atoms with E-state index in [0.29, 0.717) is 17.9 Å². The van der Waals surface area contributed by atoms with Crippen molar-refractivity contribution in [1.82, 2.24) is 4.98 Å². The topological polar surface area (TPSA) is 57.4 Å². The Morgan fingerprint density at radius 3 is 2.55 bits per heavy atom. The van der Waals surface area contributed by atoms with Gasteiger partial charge in [0.1, 0.15) is 0 Å². The molecule has 4 nitrogen and oxygen atoms in total. The SMILES string of the molecule is COc1cccc(C(N)Cc2nc(C)c(C)s2)c1OC. The number of nitrogens with zero attached hydrogens (tertiary/aromatic N) is 1. The first kappa shape index (κ1) is 14.8. The average molecular weight is 292 g/mol. The number of aryl methyl sites for hydroxylation is 2. The van der Waals surface area contributed by atoms with E-state index in [1.165, 1.54) is 4.88 Å². The minimum atomic E-state index is -0.162. The van der Waals surface area contributed by atoms with Crippen molar-refractivity contribution in [2.24, 2.45) is 5.73 Å². The molecule has 0 bridgehead atoms. The molecule has 0 amide bonds. The van der Waals surface area contributed by atoms with E-state index in [4.69, 9.17) is 15.2 Å². The first-order chi connectivity index (χ1) is 9.56. The number of hydrogen-bond acceptors (Lipinski definition) is 5. The Morgan fingerprint density at radius 2 is 2.00 bits per heavy atom. The van der Waals surface area contributed by atoms with E-state index in [1.807, 2.05) is 25.1 Å². The van der Waals surface area contributed by atoms with Crippen molar-refractivity contribution in [3.63, 3.8) is 0 Å². The Kier molecular flexibility index (Phi) is 4.62. The predicted octanol–water partition coefficient (Wildman–Crippen LogP) is 3.02. The molecular weight excluding hydrogens is 272 g/mol. The van der Waals surface area contributed by atoms with Crippen molar-refractivity contribution in [1.29, 1.82) is 0 Å². The molecule has 1 unspecified atom stereocenters. The van der Waals surface area contributed by atoms with Crippen LogP contribution in [-0.4, -0.2) is 19.2 Å². The fourth-order valence-electron chi connectivity index (χ4n) is 2.13. The third kappa shape index (κ3) is 2.94. The Labute approximate surface area is 123 Å². The summed E-state index contributed by atoms with van der Waals surface area (Å²) in [5.74, 6) is 1.40. The Bertz CT molecular complexity index is 576. The van der Waals surface area contributed by atoms with Crippen molar-refractivity contribution in [2.45, 2.75) is 26.3 Å². The van der Waals surface area contributed by atoms with Gasteiger partial charge in [-0.1, -0.05) is 12.1 Å². The number of hydrogen-bond donors (Lipinski definition) is 1. The fourth-order valence-corrected chi connectivity index (χ4v) is 3.12. The van der Waals surface area contributed by atoms with E-state index < -0.39 is 0 Å². The largest absolute Gasteiger partial charge is 0.493 e. The van der Waals surface area contributed by atoms with E-state index in [0.717, 1.165) is 16.3 Å². The number of para-hydroxylation sites is 1. The molecule has 0 saturated heterocycles. The summed E-state index contributed by atoms with van der Waals surface area (Å²) in [7, 11) is 3.26. The Hall–Kier alpha value is -1.59. The molecule has 2 aromatic rings. The van der Waals surface area contributed by atoms with Gasteiger partial charge in [-0.2, -0.15) is 0 Å². The van der Waals surface area contributed by atoms with Gasteiger partial charge in [0.2, 0.25) is 0 Å². The highest BCUT2D eigenvalue weighted by Crippen LogP contribution is 2.35. The van der Waals surface area contributed by atoms with Gasteiger partial charge in [-0.3, -0.25) is 0 Å². The minimum absolute atomic E-state index is 0.162. The lowest BCUT2D eigenvalue weighted by Gasteiger charge is -2.17. The number of methoxy groups -OCH3 is 2. The van der Waals surface area contributed by atoms with Gasteiger partial charge in [-0.15, -0.1) is 11.3 Å². The summed E-state index contributed by atoms with van der Waals surface area (Å²) < 4.78 is 10.7. The smallest absolute Gasteiger partial charge is 0.165 e. The predicted molar refractivity (Wildman–Crippen MR) is 81.8 cm³/mol. The highest BCUT2D eigenvalue weighted by molar-refractivity contribution is 7.11. The first-order valence-corrected chi connectivity index (χ1v) is 7.27. The molecule has 20 heavy (non-hydrogen) atoms. The first-order valence-electron chi connectivity index (χ1n) is 6.46. The van der Waals surface area contributed by atoms with Gasteiger partial charge in [0.05, 0.1) is 24.9 Å². The molecule has 0 radical (unpaired) electrons. The van der Waals surface area contributed by atoms with E-state index in [2.05, 4.69) is 11.9 Å². The molecule has 2 N–H and O–H groups in total. The van der Waals surface area contributed by atoms with Gasteiger partial charge in [0.15, 0.2) is 11.5 Å². The molecule has 0 aliphatic heterocycles. The number of rotatable bonds is 5. The summed E-state index contributed by atoms with van der Waals surface area (Å²) in [5, 5.41) is 1.05. The van der Waals surface area contributed by atoms with Crippen LogP contribution in [0.15, 0.2) is 18.2 Å². The molecule has 0 fully saturated rings. The average Bonchev–Trinajstić information content (AvgIpc) is 2.76. The van der Waals surface area contributed by atoms with E-state index in [1.54, 1.807) is 25.6 Å². The maximum atomic E-state index is 6.32. The number of ether oxygens (including phenoxy) is 2. The van der Waals surface area contributed by atoms with Gasteiger partial charge >= 0.3 is 0 Å². The zero-order chi connectivity index (χ0) is 14.7. The summed E-state index contributed by atoms with van der Waals surface area (Å²) in [6.07, 6.45) is 0.697. The molecule has 1 aromatic carbocycles. The van der Waals surface area contributed by atoms with Crippen molar-refractivity contribution >= 4 is 11.3 Å². The highest BCUT2D eigenvalue weighted by Gasteiger charge is 2.17. The van der Waals surface area contributed by atoms with Crippen LogP contribution in [0, 0.1) is 13.8 Å². The van der Waals surface area contributed by atoms with E-state index >= 15 is 0 Å². The number of nitrogens with two attached hydrogens (primary N) is 1. The summed E-state index contributed by atoms with van der Waals surface area (Å²) in [6.45, 7) is 4.10. The molecule has 5 heteroatoms. The lowest BCUT2D eigenvalue weighted by atomic mass is 10.0. The monoisotopic (exact) mass is 292 g/mol. The molecule has 1 aromatic heterocycles. The van der Waals surface area contributed by atoms with Crippen molar-refractivity contribution < 1.29 is 9.47 Å². The molecule has 1 atom stereocenters. The maximum Gasteiger partial charge on any atom is 0.165 e. The van der Waals surface area contributed by atoms with Crippen LogP contribution in [0.1, 0.15) is 27.2 Å². The molecule has 0 spiro atoms. The number of benzene rings is 1. The lowest BCUT2D eigenvalue weighted by Crippen LogP contribution is -2.14. The van der Waals surface area contributed by atoms with Crippen LogP contribution in [-0.2, 0) is 6.42 Å². The second-order valence-corrected chi connectivity index (χ2v) is 5.93. The highest BCUT2D eigenvalue weighted by atomic mass is 32.1. The normalized spacial score (nSPS) is 12.2. The van der Waals surface area contributed by atoms with Gasteiger partial charge in [-0.25, -0.2) is 4.98 Å². The Morgan fingerprint density at radius 1 is 1.25 bits per heavy atom. The molecule has 0 aliphatic rings. The van der Waals surface area contributed by atoms with Gasteiger partial charge in [0, 0.05) is 22.9 Å². The van der Waals surface area contributed by atoms with Crippen molar-refractivity contribution in [3.05, 3.63) is 39.3 Å². The quantitative estimate of drug-likeness (QED) is 0.920. The Balaban J connectivity index is 2.26. The lowest BCUT2D eigenvalue weighted by molar-refractivity contribution is 0.349. The van der Waals surface area contributed by atoms with Crippen molar-refractivity contribution in [3.8, 4) is 11.5 Å². The van der Waals surface area contributed by atoms with Crippen LogP contribution in [0.2, 0.25) is 0 Å². The second-order valence-electron chi connectivity index (χ2n) is 4.64. The van der Waals surface area contributed by atoms with Gasteiger partial charge in [-0.05, 0) is 19.9 Å². The molecule has 0 aliphatic carbocycles.